The van der Waals surface area contributed by atoms with Gasteiger partial charge in [0, 0.05) is 24.3 Å². The molecule has 0 saturated carbocycles. The Balaban J connectivity index is 1.79. The predicted molar refractivity (Wildman–Crippen MR) is 104 cm³/mol. The summed E-state index contributed by atoms with van der Waals surface area (Å²) in [5, 5.41) is 29.0. The van der Waals surface area contributed by atoms with Crippen LogP contribution in [0.4, 0.5) is 11.4 Å². The minimum atomic E-state index is -0.683. The molecule has 0 radical (unpaired) electrons. The number of amides is 1. The first kappa shape index (κ1) is 20.3. The van der Waals surface area contributed by atoms with E-state index in [1.807, 2.05) is 19.1 Å². The summed E-state index contributed by atoms with van der Waals surface area (Å²) in [5.74, 6) is -1.06. The lowest BCUT2D eigenvalue weighted by Gasteiger charge is -2.12. The van der Waals surface area contributed by atoms with Crippen molar-refractivity contribution in [1.82, 2.24) is 5.27 Å². The quantitative estimate of drug-likeness (QED) is 0.284. The number of hydrogen-bond acceptors (Lipinski definition) is 7. The number of hydrogen-bond donors (Lipinski definition) is 1. The molecule has 3 rings (SSSR count). The molecule has 10 heteroatoms. The number of benzene rings is 2. The number of nitro benzene ring substituents is 1. The monoisotopic (exact) mass is 414 g/mol. The van der Waals surface area contributed by atoms with E-state index in [0.29, 0.717) is 16.9 Å². The summed E-state index contributed by atoms with van der Waals surface area (Å²) in [6.07, 6.45) is 0. The SMILES string of the molecule is Cc1ccc(-[n+]2noc([O-])c2SC(C)C(=O)Nc2cc([N+](=O)[O-])ccc2C)cc1. The molecule has 150 valence electrons. The van der Waals surface area contributed by atoms with E-state index in [2.05, 4.69) is 10.6 Å². The van der Waals surface area contributed by atoms with Crippen LogP contribution in [0.3, 0.4) is 0 Å². The average Bonchev–Trinajstić information content (AvgIpc) is 3.04. The largest absolute Gasteiger partial charge is 0.538 e. The van der Waals surface area contributed by atoms with Gasteiger partial charge in [0.05, 0.1) is 21.1 Å². The van der Waals surface area contributed by atoms with Crippen LogP contribution in [0.15, 0.2) is 52.0 Å². The van der Waals surface area contributed by atoms with Gasteiger partial charge in [-0.2, -0.15) is 0 Å². The molecule has 1 aromatic heterocycles. The van der Waals surface area contributed by atoms with Crippen molar-refractivity contribution in [3.05, 3.63) is 63.7 Å². The Morgan fingerprint density at radius 1 is 1.24 bits per heavy atom. The number of nitrogens with one attached hydrogen (secondary N) is 1. The minimum absolute atomic E-state index is 0.121. The third-order valence-corrected chi connectivity index (χ3v) is 5.33. The Labute approximate surface area is 170 Å². The van der Waals surface area contributed by atoms with E-state index in [1.54, 1.807) is 32.0 Å². The van der Waals surface area contributed by atoms with Gasteiger partial charge in [-0.25, -0.2) is 0 Å². The molecule has 9 nitrogen and oxygen atoms in total. The summed E-state index contributed by atoms with van der Waals surface area (Å²) in [5.41, 5.74) is 2.59. The number of rotatable bonds is 6. The van der Waals surface area contributed by atoms with Crippen molar-refractivity contribution in [3.8, 4) is 11.6 Å². The van der Waals surface area contributed by atoms with Crippen LogP contribution in [-0.2, 0) is 4.79 Å². The normalized spacial score (nSPS) is 11.8. The van der Waals surface area contributed by atoms with E-state index < -0.39 is 22.0 Å². The van der Waals surface area contributed by atoms with E-state index in [-0.39, 0.29) is 10.7 Å². The van der Waals surface area contributed by atoms with Crippen LogP contribution in [0.5, 0.6) is 5.95 Å². The second-order valence-corrected chi connectivity index (χ2v) is 7.75. The number of anilines is 1. The van der Waals surface area contributed by atoms with Gasteiger partial charge in [-0.05, 0) is 42.8 Å². The number of nitrogens with zero attached hydrogens (tertiary/aromatic N) is 3. The van der Waals surface area contributed by atoms with Crippen molar-refractivity contribution >= 4 is 29.0 Å². The number of thioether (sulfide) groups is 1. The number of carbonyl (C=O) groups excluding carboxylic acids is 1. The predicted octanol–water partition coefficient (Wildman–Crippen LogP) is 2.67. The number of aryl methyl sites for hydroxylation is 2. The topological polar surface area (TPSA) is 125 Å². The first-order valence-corrected chi connectivity index (χ1v) is 9.53. The molecule has 0 fully saturated rings. The van der Waals surface area contributed by atoms with Crippen molar-refractivity contribution in [2.75, 3.05) is 5.32 Å². The zero-order valence-electron chi connectivity index (χ0n) is 15.9. The van der Waals surface area contributed by atoms with Gasteiger partial charge in [0.15, 0.2) is 5.95 Å². The van der Waals surface area contributed by atoms with Crippen molar-refractivity contribution in [2.45, 2.75) is 31.0 Å². The van der Waals surface area contributed by atoms with Gasteiger partial charge in [0.1, 0.15) is 0 Å². The number of non-ortho nitro benzene ring substituents is 1. The third kappa shape index (κ3) is 4.54. The molecule has 0 aliphatic rings. The van der Waals surface area contributed by atoms with Crippen LogP contribution in [0, 0.1) is 24.0 Å². The minimum Gasteiger partial charge on any atom is -0.538 e. The summed E-state index contributed by atoms with van der Waals surface area (Å²) >= 11 is 0.995. The smallest absolute Gasteiger partial charge is 0.298 e. The summed E-state index contributed by atoms with van der Waals surface area (Å²) in [7, 11) is 0. The molecule has 3 aromatic rings. The van der Waals surface area contributed by atoms with Gasteiger partial charge in [0.25, 0.3) is 10.7 Å². The number of aromatic nitrogens is 2. The standard InChI is InChI=1S/C19H18N4O5S/c1-11-4-7-14(8-5-11)22-18(19(25)28-21-22)29-13(3)17(24)20-16-10-15(23(26)27)9-6-12(16)2/h4-10,13H,1-3H3,(H-,20,21,24,25). The zero-order chi connectivity index (χ0) is 21.1. The molecule has 1 N–H and O–H groups in total. The molecule has 1 unspecified atom stereocenters. The highest BCUT2D eigenvalue weighted by Crippen LogP contribution is 2.29. The highest BCUT2D eigenvalue weighted by molar-refractivity contribution is 8.00. The fourth-order valence-electron chi connectivity index (χ4n) is 2.50. The van der Waals surface area contributed by atoms with Crippen molar-refractivity contribution < 1.29 is 24.0 Å². The molecule has 0 bridgehead atoms. The van der Waals surface area contributed by atoms with Crippen molar-refractivity contribution in [1.29, 1.82) is 0 Å². The highest BCUT2D eigenvalue weighted by Gasteiger charge is 2.27. The molecule has 0 aliphatic heterocycles. The Bertz CT molecular complexity index is 1060. The van der Waals surface area contributed by atoms with Gasteiger partial charge in [-0.1, -0.05) is 23.8 Å². The summed E-state index contributed by atoms with van der Waals surface area (Å²) in [6.45, 7) is 5.30. The van der Waals surface area contributed by atoms with E-state index in [4.69, 9.17) is 4.52 Å². The lowest BCUT2D eigenvalue weighted by molar-refractivity contribution is -0.705. The molecule has 1 atom stereocenters. The summed E-state index contributed by atoms with van der Waals surface area (Å²) < 4.78 is 6.11. The molecular formula is C19H18N4O5S. The zero-order valence-corrected chi connectivity index (χ0v) is 16.7. The first-order chi connectivity index (χ1) is 13.8. The number of carbonyl (C=O) groups is 1. The Morgan fingerprint density at radius 3 is 2.59 bits per heavy atom. The van der Waals surface area contributed by atoms with E-state index in [0.717, 1.165) is 17.3 Å². The molecule has 0 saturated heterocycles. The Morgan fingerprint density at radius 2 is 1.93 bits per heavy atom. The Kier molecular flexibility index (Phi) is 5.83. The summed E-state index contributed by atoms with van der Waals surface area (Å²) in [4.78, 5) is 23.0. The molecule has 1 amide bonds. The van der Waals surface area contributed by atoms with Gasteiger partial charge in [-0.3, -0.25) is 14.9 Å². The third-order valence-electron chi connectivity index (χ3n) is 4.20. The van der Waals surface area contributed by atoms with Gasteiger partial charge in [-0.15, -0.1) is 0 Å². The van der Waals surface area contributed by atoms with Crippen LogP contribution < -0.4 is 15.1 Å². The maximum atomic E-state index is 12.6. The van der Waals surface area contributed by atoms with Gasteiger partial charge >= 0.3 is 0 Å². The first-order valence-electron chi connectivity index (χ1n) is 8.65. The Hall–Kier alpha value is -3.40. The maximum Gasteiger partial charge on any atom is 0.298 e. The van der Waals surface area contributed by atoms with Crippen LogP contribution in [0.25, 0.3) is 5.69 Å². The second kappa shape index (κ2) is 8.31. The number of nitro groups is 1. The molecular weight excluding hydrogens is 396 g/mol. The van der Waals surface area contributed by atoms with Crippen LogP contribution in [-0.4, -0.2) is 21.4 Å². The van der Waals surface area contributed by atoms with Crippen LogP contribution in [0.2, 0.25) is 0 Å². The fraction of sp³-hybridized carbons (Fsp3) is 0.211. The van der Waals surface area contributed by atoms with Crippen LogP contribution >= 0.6 is 11.8 Å². The van der Waals surface area contributed by atoms with Gasteiger partial charge < -0.3 is 14.9 Å². The highest BCUT2D eigenvalue weighted by atomic mass is 32.2. The molecule has 2 aromatic carbocycles. The molecule has 0 aliphatic carbocycles. The van der Waals surface area contributed by atoms with Crippen molar-refractivity contribution in [3.63, 3.8) is 0 Å². The lowest BCUT2D eigenvalue weighted by atomic mass is 10.2. The maximum absolute atomic E-state index is 12.6. The summed E-state index contributed by atoms with van der Waals surface area (Å²) in [6, 6.07) is 11.6. The van der Waals surface area contributed by atoms with Crippen LogP contribution in [0.1, 0.15) is 18.1 Å². The molecule has 0 spiro atoms. The van der Waals surface area contributed by atoms with E-state index in [1.165, 1.54) is 16.8 Å². The van der Waals surface area contributed by atoms with E-state index >= 15 is 0 Å². The second-order valence-electron chi connectivity index (χ2n) is 6.42. The molecule has 1 heterocycles. The van der Waals surface area contributed by atoms with E-state index in [9.17, 15) is 20.0 Å². The van der Waals surface area contributed by atoms with Crippen molar-refractivity contribution in [2.24, 2.45) is 0 Å². The lowest BCUT2D eigenvalue weighted by Crippen LogP contribution is -2.36. The van der Waals surface area contributed by atoms with Gasteiger partial charge in [0.2, 0.25) is 11.6 Å². The average molecular weight is 414 g/mol. The molecule has 29 heavy (non-hydrogen) atoms. The fourth-order valence-corrected chi connectivity index (χ4v) is 3.38.